The first kappa shape index (κ1) is 11.7. The summed E-state index contributed by atoms with van der Waals surface area (Å²) >= 11 is 5.58. The number of ether oxygens (including phenoxy) is 1. The number of para-hydroxylation sites is 2. The Kier molecular flexibility index (Phi) is 3.82. The summed E-state index contributed by atoms with van der Waals surface area (Å²) in [4.78, 5) is 0. The maximum Gasteiger partial charge on any atom is 0.320 e. The minimum Gasteiger partial charge on any atom is -0.492 e. The van der Waals surface area contributed by atoms with Crippen LogP contribution in [0.1, 0.15) is 12.8 Å². The van der Waals surface area contributed by atoms with Gasteiger partial charge in [-0.3, -0.25) is 0 Å². The molecule has 0 spiro atoms. The highest BCUT2D eigenvalue weighted by atomic mass is 35.5. The lowest BCUT2D eigenvalue weighted by Crippen LogP contribution is -1.97. The van der Waals surface area contributed by atoms with E-state index in [1.54, 1.807) is 0 Å². The number of halogens is 1. The van der Waals surface area contributed by atoms with E-state index in [0.717, 1.165) is 11.4 Å². The summed E-state index contributed by atoms with van der Waals surface area (Å²) < 4.78 is 10.7. The summed E-state index contributed by atoms with van der Waals surface area (Å²) in [5, 5.41) is 10.6. The predicted molar refractivity (Wildman–Crippen MR) is 64.7 cm³/mol. The second-order valence-electron chi connectivity index (χ2n) is 3.19. The van der Waals surface area contributed by atoms with Crippen LogP contribution in [0.2, 0.25) is 0 Å². The lowest BCUT2D eigenvalue weighted by atomic mass is 10.3. The van der Waals surface area contributed by atoms with Gasteiger partial charge in [0.15, 0.2) is 0 Å². The molecule has 0 fully saturated rings. The number of nitrogens with one attached hydrogen (secondary N) is 1. The quantitative estimate of drug-likeness (QED) is 0.830. The van der Waals surface area contributed by atoms with Gasteiger partial charge in [-0.2, -0.15) is 0 Å². The van der Waals surface area contributed by atoms with Crippen LogP contribution in [-0.2, 0) is 5.88 Å². The number of anilines is 2. The first-order valence-electron chi connectivity index (χ1n) is 5.20. The molecule has 1 N–H and O–H groups in total. The van der Waals surface area contributed by atoms with Gasteiger partial charge in [-0.25, -0.2) is 0 Å². The van der Waals surface area contributed by atoms with Crippen LogP contribution in [0.5, 0.6) is 5.75 Å². The monoisotopic (exact) mass is 253 g/mol. The summed E-state index contributed by atoms with van der Waals surface area (Å²) in [5.74, 6) is 1.31. The van der Waals surface area contributed by atoms with Gasteiger partial charge in [0.25, 0.3) is 0 Å². The highest BCUT2D eigenvalue weighted by molar-refractivity contribution is 6.16. The van der Waals surface area contributed by atoms with Gasteiger partial charge in [0.2, 0.25) is 5.89 Å². The minimum atomic E-state index is 0.196. The molecule has 0 atom stereocenters. The molecule has 2 rings (SSSR count). The standard InChI is InChI=1S/C11H12ClN3O2/c1-2-16-9-6-4-3-5-8(9)13-11-15-14-10(7-12)17-11/h3-6H,2,7H2,1H3,(H,13,15). The third-order valence-corrected chi connectivity index (χ3v) is 2.24. The fourth-order valence-corrected chi connectivity index (χ4v) is 1.43. The largest absolute Gasteiger partial charge is 0.492 e. The van der Waals surface area contributed by atoms with Gasteiger partial charge in [-0.05, 0) is 19.1 Å². The molecule has 0 unspecified atom stereocenters. The minimum absolute atomic E-state index is 0.196. The first-order chi connectivity index (χ1) is 8.33. The highest BCUT2D eigenvalue weighted by Gasteiger charge is 2.08. The van der Waals surface area contributed by atoms with Crippen LogP contribution in [0.4, 0.5) is 11.7 Å². The van der Waals surface area contributed by atoms with Crippen molar-refractivity contribution in [3.05, 3.63) is 30.2 Å². The topological polar surface area (TPSA) is 60.2 Å². The van der Waals surface area contributed by atoms with E-state index in [0.29, 0.717) is 18.5 Å². The van der Waals surface area contributed by atoms with Crippen LogP contribution in [0.3, 0.4) is 0 Å². The van der Waals surface area contributed by atoms with E-state index in [4.69, 9.17) is 20.8 Å². The number of aromatic nitrogens is 2. The first-order valence-corrected chi connectivity index (χ1v) is 5.74. The average Bonchev–Trinajstić information content (AvgIpc) is 2.80. The molecule has 6 heteroatoms. The molecule has 1 heterocycles. The van der Waals surface area contributed by atoms with Gasteiger partial charge in [0.05, 0.1) is 12.3 Å². The number of benzene rings is 1. The SMILES string of the molecule is CCOc1ccccc1Nc1nnc(CCl)o1. The molecular formula is C11H12ClN3O2. The molecule has 0 saturated carbocycles. The molecule has 1 aromatic carbocycles. The van der Waals surface area contributed by atoms with Crippen molar-refractivity contribution in [2.75, 3.05) is 11.9 Å². The van der Waals surface area contributed by atoms with Crippen LogP contribution >= 0.6 is 11.6 Å². The van der Waals surface area contributed by atoms with Crippen LogP contribution in [0.15, 0.2) is 28.7 Å². The smallest absolute Gasteiger partial charge is 0.320 e. The van der Waals surface area contributed by atoms with Gasteiger partial charge in [0, 0.05) is 0 Å². The Labute approximate surface area is 104 Å². The van der Waals surface area contributed by atoms with Crippen molar-refractivity contribution in [1.82, 2.24) is 10.2 Å². The molecule has 5 nitrogen and oxygen atoms in total. The molecule has 0 aliphatic rings. The summed E-state index contributed by atoms with van der Waals surface area (Å²) in [7, 11) is 0. The van der Waals surface area contributed by atoms with Gasteiger partial charge < -0.3 is 14.5 Å². The zero-order chi connectivity index (χ0) is 12.1. The van der Waals surface area contributed by atoms with E-state index in [1.165, 1.54) is 0 Å². The Bertz CT molecular complexity index is 487. The van der Waals surface area contributed by atoms with Gasteiger partial charge >= 0.3 is 6.01 Å². The summed E-state index contributed by atoms with van der Waals surface area (Å²) in [6.07, 6.45) is 0. The second-order valence-corrected chi connectivity index (χ2v) is 3.46. The maximum absolute atomic E-state index is 5.58. The van der Waals surface area contributed by atoms with E-state index in [1.807, 2.05) is 31.2 Å². The van der Waals surface area contributed by atoms with E-state index in [9.17, 15) is 0 Å². The molecule has 0 aliphatic heterocycles. The Morgan fingerprint density at radius 2 is 2.18 bits per heavy atom. The van der Waals surface area contributed by atoms with Crippen molar-refractivity contribution in [1.29, 1.82) is 0 Å². The molecule has 0 aliphatic carbocycles. The summed E-state index contributed by atoms with van der Waals surface area (Å²) in [5.41, 5.74) is 0.777. The average molecular weight is 254 g/mol. The number of rotatable bonds is 5. The van der Waals surface area contributed by atoms with E-state index < -0.39 is 0 Å². The summed E-state index contributed by atoms with van der Waals surface area (Å²) in [6.45, 7) is 2.52. The molecule has 17 heavy (non-hydrogen) atoms. The van der Waals surface area contributed by atoms with Crippen LogP contribution < -0.4 is 10.1 Å². The maximum atomic E-state index is 5.58. The van der Waals surface area contributed by atoms with E-state index in [2.05, 4.69) is 15.5 Å². The molecule has 0 radical (unpaired) electrons. The molecular weight excluding hydrogens is 242 g/mol. The van der Waals surface area contributed by atoms with Gasteiger partial charge in [-0.1, -0.05) is 17.2 Å². The third-order valence-electron chi connectivity index (χ3n) is 2.01. The summed E-state index contributed by atoms with van der Waals surface area (Å²) in [6, 6.07) is 7.82. The van der Waals surface area contributed by atoms with Crippen molar-refractivity contribution < 1.29 is 9.15 Å². The number of hydrogen-bond acceptors (Lipinski definition) is 5. The second kappa shape index (κ2) is 5.54. The molecule has 1 aromatic heterocycles. The fraction of sp³-hybridized carbons (Fsp3) is 0.273. The lowest BCUT2D eigenvalue weighted by Gasteiger charge is -2.08. The van der Waals surface area contributed by atoms with Crippen molar-refractivity contribution in [2.24, 2.45) is 0 Å². The number of nitrogens with zero attached hydrogens (tertiary/aromatic N) is 2. The number of alkyl halides is 1. The van der Waals surface area contributed by atoms with Crippen LogP contribution in [0.25, 0.3) is 0 Å². The van der Waals surface area contributed by atoms with Crippen molar-refractivity contribution in [3.63, 3.8) is 0 Å². The zero-order valence-corrected chi connectivity index (χ0v) is 10.1. The van der Waals surface area contributed by atoms with Gasteiger partial charge in [-0.15, -0.1) is 16.7 Å². The Balaban J connectivity index is 2.17. The lowest BCUT2D eigenvalue weighted by molar-refractivity contribution is 0.342. The van der Waals surface area contributed by atoms with Crippen LogP contribution in [-0.4, -0.2) is 16.8 Å². The molecule has 0 saturated heterocycles. The Morgan fingerprint density at radius 3 is 2.88 bits per heavy atom. The Hall–Kier alpha value is -1.75. The number of hydrogen-bond donors (Lipinski definition) is 1. The molecule has 90 valence electrons. The van der Waals surface area contributed by atoms with Crippen LogP contribution in [0, 0.1) is 0 Å². The highest BCUT2D eigenvalue weighted by Crippen LogP contribution is 2.26. The normalized spacial score (nSPS) is 10.2. The molecule has 0 bridgehead atoms. The van der Waals surface area contributed by atoms with Crippen molar-refractivity contribution >= 4 is 23.3 Å². The fourth-order valence-electron chi connectivity index (χ4n) is 1.32. The molecule has 2 aromatic rings. The van der Waals surface area contributed by atoms with E-state index in [-0.39, 0.29) is 5.88 Å². The van der Waals surface area contributed by atoms with Crippen molar-refractivity contribution in [2.45, 2.75) is 12.8 Å². The zero-order valence-electron chi connectivity index (χ0n) is 9.31. The molecule has 0 amide bonds. The van der Waals surface area contributed by atoms with Gasteiger partial charge in [0.1, 0.15) is 11.6 Å². The van der Waals surface area contributed by atoms with Crippen molar-refractivity contribution in [3.8, 4) is 5.75 Å². The third kappa shape index (κ3) is 2.88. The van der Waals surface area contributed by atoms with E-state index >= 15 is 0 Å². The Morgan fingerprint density at radius 1 is 1.35 bits per heavy atom. The predicted octanol–water partition coefficient (Wildman–Crippen LogP) is 2.95.